The Balaban J connectivity index is 1.71. The molecule has 1 aliphatic heterocycles. The molecule has 0 unspecified atom stereocenters. The van der Waals surface area contributed by atoms with E-state index in [1.54, 1.807) is 10.3 Å². The van der Waals surface area contributed by atoms with Crippen LogP contribution >= 0.6 is 27.3 Å². The minimum atomic E-state index is -0.0425. The van der Waals surface area contributed by atoms with Gasteiger partial charge in [-0.1, -0.05) is 6.08 Å². The molecule has 0 saturated heterocycles. The number of tetrazole rings is 1. The molecular weight excluding hydrogens is 332 g/mol. The van der Waals surface area contributed by atoms with Gasteiger partial charge in [-0.25, -0.2) is 4.98 Å². The largest absolute Gasteiger partial charge is 0.333 e. The van der Waals surface area contributed by atoms with Crippen LogP contribution in [-0.4, -0.2) is 49.5 Å². The number of nitrogens with one attached hydrogen (secondary N) is 1. The Bertz CT molecular complexity index is 622. The molecular formula is C10H9BrN6OS. The summed E-state index contributed by atoms with van der Waals surface area (Å²) in [6, 6.07) is 0. The number of thiazole rings is 1. The second-order valence-corrected chi connectivity index (χ2v) is 5.61. The highest BCUT2D eigenvalue weighted by atomic mass is 79.9. The third-order valence-corrected chi connectivity index (χ3v) is 4.33. The summed E-state index contributed by atoms with van der Waals surface area (Å²) in [7, 11) is 0. The maximum absolute atomic E-state index is 12.2. The van der Waals surface area contributed by atoms with Crippen LogP contribution in [0.5, 0.6) is 0 Å². The Hall–Kier alpha value is -1.61. The van der Waals surface area contributed by atoms with Crippen molar-refractivity contribution in [1.82, 2.24) is 30.5 Å². The van der Waals surface area contributed by atoms with Crippen molar-refractivity contribution in [2.24, 2.45) is 0 Å². The lowest BCUT2D eigenvalue weighted by Gasteiger charge is -2.24. The number of nitrogens with zero attached hydrogens (tertiary/aromatic N) is 5. The van der Waals surface area contributed by atoms with Crippen molar-refractivity contribution in [2.45, 2.75) is 6.42 Å². The number of aromatic nitrogens is 5. The lowest BCUT2D eigenvalue weighted by molar-refractivity contribution is 0.0772. The average Bonchev–Trinajstić information content (AvgIpc) is 3.09. The summed E-state index contributed by atoms with van der Waals surface area (Å²) in [5.74, 6) is 0.559. The molecule has 2 aromatic heterocycles. The molecule has 1 amide bonds. The molecule has 0 aromatic carbocycles. The van der Waals surface area contributed by atoms with Crippen molar-refractivity contribution < 1.29 is 4.79 Å². The predicted octanol–water partition coefficient (Wildman–Crippen LogP) is 1.35. The van der Waals surface area contributed by atoms with E-state index >= 15 is 0 Å². The van der Waals surface area contributed by atoms with E-state index in [0.29, 0.717) is 28.5 Å². The van der Waals surface area contributed by atoms with E-state index in [4.69, 9.17) is 0 Å². The number of aromatic amines is 1. The fourth-order valence-corrected chi connectivity index (χ4v) is 3.06. The number of halogens is 1. The monoisotopic (exact) mass is 340 g/mol. The normalized spacial score (nSPS) is 15.4. The molecule has 98 valence electrons. The van der Waals surface area contributed by atoms with Crippen molar-refractivity contribution in [1.29, 1.82) is 0 Å². The smallest absolute Gasteiger partial charge is 0.283 e. The quantitative estimate of drug-likeness (QED) is 0.891. The Labute approximate surface area is 120 Å². The second kappa shape index (κ2) is 5.17. The van der Waals surface area contributed by atoms with E-state index in [1.807, 2.05) is 6.08 Å². The molecule has 0 atom stereocenters. The van der Waals surface area contributed by atoms with Crippen LogP contribution in [-0.2, 0) is 0 Å². The van der Waals surface area contributed by atoms with Crippen LogP contribution in [0.25, 0.3) is 5.57 Å². The fraction of sp³-hybridized carbons (Fsp3) is 0.300. The van der Waals surface area contributed by atoms with E-state index in [0.717, 1.165) is 12.0 Å². The van der Waals surface area contributed by atoms with Gasteiger partial charge in [0.05, 0.1) is 0 Å². The van der Waals surface area contributed by atoms with Gasteiger partial charge in [0.25, 0.3) is 5.91 Å². The van der Waals surface area contributed by atoms with Crippen LogP contribution in [0.15, 0.2) is 16.1 Å². The van der Waals surface area contributed by atoms with Crippen molar-refractivity contribution in [2.75, 3.05) is 13.1 Å². The summed E-state index contributed by atoms with van der Waals surface area (Å²) in [6.07, 6.45) is 2.67. The maximum Gasteiger partial charge on any atom is 0.283 e. The molecule has 0 radical (unpaired) electrons. The standard InChI is InChI=1S/C10H9BrN6OS/c11-7-5-19-9(12-7)10(18)17-3-1-6(2-4-17)8-13-15-16-14-8/h1,5H,2-4H2,(H,13,14,15,16). The van der Waals surface area contributed by atoms with Gasteiger partial charge in [-0.05, 0) is 27.6 Å². The Kier molecular flexibility index (Phi) is 3.38. The van der Waals surface area contributed by atoms with Crippen molar-refractivity contribution in [3.05, 3.63) is 26.9 Å². The predicted molar refractivity (Wildman–Crippen MR) is 72.5 cm³/mol. The molecule has 1 N–H and O–H groups in total. The zero-order valence-electron chi connectivity index (χ0n) is 9.71. The van der Waals surface area contributed by atoms with Crippen LogP contribution in [0.2, 0.25) is 0 Å². The van der Waals surface area contributed by atoms with E-state index < -0.39 is 0 Å². The number of carbonyl (C=O) groups is 1. The van der Waals surface area contributed by atoms with E-state index in [9.17, 15) is 4.79 Å². The topological polar surface area (TPSA) is 87.7 Å². The summed E-state index contributed by atoms with van der Waals surface area (Å²) in [4.78, 5) is 18.1. The van der Waals surface area contributed by atoms with Gasteiger partial charge in [-0.3, -0.25) is 4.79 Å². The van der Waals surface area contributed by atoms with Gasteiger partial charge in [0.1, 0.15) is 4.60 Å². The lowest BCUT2D eigenvalue weighted by atomic mass is 10.1. The summed E-state index contributed by atoms with van der Waals surface area (Å²) >= 11 is 4.59. The SMILES string of the molecule is O=C(c1nc(Br)cs1)N1CC=C(c2nn[nH]n2)CC1. The van der Waals surface area contributed by atoms with E-state index in [-0.39, 0.29) is 5.91 Å². The first-order valence-corrected chi connectivity index (χ1v) is 7.24. The number of carbonyl (C=O) groups excluding carboxylic acids is 1. The molecule has 3 heterocycles. The highest BCUT2D eigenvalue weighted by Gasteiger charge is 2.22. The molecule has 1 aliphatic rings. The molecule has 0 bridgehead atoms. The van der Waals surface area contributed by atoms with Crippen LogP contribution in [0.4, 0.5) is 0 Å². The van der Waals surface area contributed by atoms with Crippen LogP contribution in [0.1, 0.15) is 22.0 Å². The van der Waals surface area contributed by atoms with Crippen LogP contribution in [0, 0.1) is 0 Å². The molecule has 0 aliphatic carbocycles. The highest BCUT2D eigenvalue weighted by Crippen LogP contribution is 2.21. The average molecular weight is 341 g/mol. The minimum absolute atomic E-state index is 0.0425. The van der Waals surface area contributed by atoms with Gasteiger partial charge in [-0.15, -0.1) is 21.5 Å². The third kappa shape index (κ3) is 2.56. The van der Waals surface area contributed by atoms with Gasteiger partial charge in [-0.2, -0.15) is 5.21 Å². The summed E-state index contributed by atoms with van der Waals surface area (Å²) in [5.41, 5.74) is 1.01. The second-order valence-electron chi connectivity index (χ2n) is 3.94. The molecule has 0 saturated carbocycles. The first-order chi connectivity index (χ1) is 9.24. The molecule has 0 fully saturated rings. The summed E-state index contributed by atoms with van der Waals surface area (Å²) < 4.78 is 0.695. The third-order valence-electron chi connectivity index (χ3n) is 2.79. The number of rotatable bonds is 2. The number of hydrogen-bond donors (Lipinski definition) is 1. The molecule has 7 nitrogen and oxygen atoms in total. The Morgan fingerprint density at radius 2 is 2.42 bits per heavy atom. The zero-order valence-corrected chi connectivity index (χ0v) is 12.1. The van der Waals surface area contributed by atoms with Gasteiger partial charge < -0.3 is 4.90 Å². The maximum atomic E-state index is 12.2. The summed E-state index contributed by atoms with van der Waals surface area (Å²) in [5, 5.41) is 16.1. The first-order valence-electron chi connectivity index (χ1n) is 5.57. The Morgan fingerprint density at radius 3 is 3.00 bits per heavy atom. The number of H-pyrrole nitrogens is 1. The highest BCUT2D eigenvalue weighted by molar-refractivity contribution is 9.10. The minimum Gasteiger partial charge on any atom is -0.333 e. The van der Waals surface area contributed by atoms with Gasteiger partial charge >= 0.3 is 0 Å². The lowest BCUT2D eigenvalue weighted by Crippen LogP contribution is -2.34. The molecule has 2 aromatic rings. The van der Waals surface area contributed by atoms with Crippen LogP contribution in [0.3, 0.4) is 0 Å². The zero-order chi connectivity index (χ0) is 13.2. The summed E-state index contributed by atoms with van der Waals surface area (Å²) in [6.45, 7) is 1.18. The van der Waals surface area contributed by atoms with Crippen LogP contribution < -0.4 is 0 Å². The van der Waals surface area contributed by atoms with E-state index in [1.165, 1.54) is 11.3 Å². The fourth-order valence-electron chi connectivity index (χ4n) is 1.84. The molecule has 9 heteroatoms. The number of amides is 1. The van der Waals surface area contributed by atoms with E-state index in [2.05, 4.69) is 41.5 Å². The molecule has 0 spiro atoms. The Morgan fingerprint density at radius 1 is 1.53 bits per heavy atom. The van der Waals surface area contributed by atoms with Gasteiger partial charge in [0.2, 0.25) is 0 Å². The van der Waals surface area contributed by atoms with Crippen molar-refractivity contribution in [3.63, 3.8) is 0 Å². The molecule has 3 rings (SSSR count). The molecule has 19 heavy (non-hydrogen) atoms. The van der Waals surface area contributed by atoms with Crippen molar-refractivity contribution in [3.8, 4) is 0 Å². The first kappa shape index (κ1) is 12.4. The number of hydrogen-bond acceptors (Lipinski definition) is 6. The van der Waals surface area contributed by atoms with Gasteiger partial charge in [0, 0.05) is 24.0 Å². The van der Waals surface area contributed by atoms with Gasteiger partial charge in [0.15, 0.2) is 10.8 Å². The van der Waals surface area contributed by atoms with Crippen molar-refractivity contribution >= 4 is 38.7 Å².